The van der Waals surface area contributed by atoms with Crippen molar-refractivity contribution in [3.63, 3.8) is 0 Å². The maximum absolute atomic E-state index is 12.1. The van der Waals surface area contributed by atoms with Crippen LogP contribution in [0.2, 0.25) is 0 Å². The molecule has 0 rings (SSSR count). The lowest BCUT2D eigenvalue weighted by atomic mass is 10.1. The largest absolute Gasteiger partial charge is 0.355 e. The standard InChI is InChI=1S/C28H56N6O4/c1-8-25(35)29-9-13-33(14-10-30-26(36)19-22(2)3)17-18-34(15-11-31-27(37)20-23(4)5)16-12-32-28(38)21-24(6)7/h22-24H,8-21H2,1-7H3,(H,29,35)(H,30,36)(H,31,37)(H,32,38). The summed E-state index contributed by atoms with van der Waals surface area (Å²) in [5.41, 5.74) is 0. The summed E-state index contributed by atoms with van der Waals surface area (Å²) < 4.78 is 0. The maximum atomic E-state index is 12.1. The average Bonchev–Trinajstić information content (AvgIpc) is 2.79. The van der Waals surface area contributed by atoms with Gasteiger partial charge in [0.1, 0.15) is 0 Å². The molecular formula is C28H56N6O4. The van der Waals surface area contributed by atoms with Crippen LogP contribution in [0.3, 0.4) is 0 Å². The Morgan fingerprint density at radius 3 is 0.974 bits per heavy atom. The van der Waals surface area contributed by atoms with Gasteiger partial charge in [0.05, 0.1) is 0 Å². The lowest BCUT2D eigenvalue weighted by Crippen LogP contribution is -2.46. The van der Waals surface area contributed by atoms with Gasteiger partial charge in [0.2, 0.25) is 23.6 Å². The molecule has 0 saturated heterocycles. The molecule has 0 unspecified atom stereocenters. The lowest BCUT2D eigenvalue weighted by Gasteiger charge is -2.28. The van der Waals surface area contributed by atoms with Crippen molar-refractivity contribution in [2.75, 3.05) is 65.4 Å². The summed E-state index contributed by atoms with van der Waals surface area (Å²) in [4.78, 5) is 52.4. The summed E-state index contributed by atoms with van der Waals surface area (Å²) in [6.45, 7) is 20.3. The number of nitrogens with zero attached hydrogens (tertiary/aromatic N) is 2. The first-order valence-electron chi connectivity index (χ1n) is 14.4. The molecule has 0 aromatic carbocycles. The fourth-order valence-corrected chi connectivity index (χ4v) is 3.82. The van der Waals surface area contributed by atoms with Crippen molar-refractivity contribution in [3.05, 3.63) is 0 Å². The molecule has 0 radical (unpaired) electrons. The first-order chi connectivity index (χ1) is 17.9. The Bertz CT molecular complexity index is 656. The van der Waals surface area contributed by atoms with Crippen LogP contribution >= 0.6 is 0 Å². The second kappa shape index (κ2) is 21.7. The minimum absolute atomic E-state index is 0.0195. The van der Waals surface area contributed by atoms with Crippen LogP contribution < -0.4 is 21.3 Å². The van der Waals surface area contributed by atoms with Crippen LogP contribution in [0.1, 0.15) is 74.1 Å². The van der Waals surface area contributed by atoms with E-state index >= 15 is 0 Å². The maximum Gasteiger partial charge on any atom is 0.220 e. The number of hydrogen-bond acceptors (Lipinski definition) is 6. The van der Waals surface area contributed by atoms with Crippen molar-refractivity contribution in [3.8, 4) is 0 Å². The van der Waals surface area contributed by atoms with E-state index in [0.717, 1.165) is 13.1 Å². The Kier molecular flexibility index (Phi) is 20.4. The highest BCUT2D eigenvalue weighted by Gasteiger charge is 2.13. The molecule has 38 heavy (non-hydrogen) atoms. The highest BCUT2D eigenvalue weighted by molar-refractivity contribution is 5.77. The SMILES string of the molecule is CCC(=O)NCCN(CCNC(=O)CC(C)C)CCN(CCNC(=O)CC(C)C)CCNC(=O)CC(C)C. The number of nitrogens with one attached hydrogen (secondary N) is 4. The molecule has 0 saturated carbocycles. The molecule has 0 aliphatic carbocycles. The van der Waals surface area contributed by atoms with Crippen molar-refractivity contribution >= 4 is 23.6 Å². The Labute approximate surface area is 231 Å². The molecule has 4 amide bonds. The molecule has 10 nitrogen and oxygen atoms in total. The zero-order chi connectivity index (χ0) is 28.9. The zero-order valence-electron chi connectivity index (χ0n) is 25.2. The van der Waals surface area contributed by atoms with E-state index in [-0.39, 0.29) is 23.6 Å². The van der Waals surface area contributed by atoms with Crippen LogP contribution in [-0.4, -0.2) is 98.9 Å². The number of rotatable bonds is 22. The fourth-order valence-electron chi connectivity index (χ4n) is 3.82. The third-order valence-corrected chi connectivity index (χ3v) is 5.84. The Morgan fingerprint density at radius 1 is 0.474 bits per heavy atom. The number of carbonyl (C=O) groups is 4. The van der Waals surface area contributed by atoms with E-state index in [1.807, 2.05) is 48.5 Å². The number of hydrogen-bond donors (Lipinski definition) is 4. The second-order valence-corrected chi connectivity index (χ2v) is 11.2. The summed E-state index contributed by atoms with van der Waals surface area (Å²) >= 11 is 0. The third-order valence-electron chi connectivity index (χ3n) is 5.84. The highest BCUT2D eigenvalue weighted by atomic mass is 16.2. The van der Waals surface area contributed by atoms with Gasteiger partial charge in [-0.2, -0.15) is 0 Å². The van der Waals surface area contributed by atoms with Gasteiger partial charge in [-0.15, -0.1) is 0 Å². The third kappa shape index (κ3) is 21.8. The molecule has 4 N–H and O–H groups in total. The zero-order valence-corrected chi connectivity index (χ0v) is 25.2. The summed E-state index contributed by atoms with van der Waals surface area (Å²) in [6.07, 6.45) is 1.96. The fraction of sp³-hybridized carbons (Fsp3) is 0.857. The van der Waals surface area contributed by atoms with E-state index in [2.05, 4.69) is 31.1 Å². The predicted molar refractivity (Wildman–Crippen MR) is 154 cm³/mol. The van der Waals surface area contributed by atoms with Crippen molar-refractivity contribution in [2.24, 2.45) is 17.8 Å². The second-order valence-electron chi connectivity index (χ2n) is 11.2. The predicted octanol–water partition coefficient (Wildman–Crippen LogP) is 1.60. The molecule has 0 atom stereocenters. The monoisotopic (exact) mass is 540 g/mol. The molecule has 0 aromatic rings. The Morgan fingerprint density at radius 2 is 0.737 bits per heavy atom. The molecule has 0 heterocycles. The number of carbonyl (C=O) groups excluding carboxylic acids is 4. The quantitative estimate of drug-likeness (QED) is 0.165. The van der Waals surface area contributed by atoms with Crippen molar-refractivity contribution in [1.29, 1.82) is 0 Å². The normalized spacial score (nSPS) is 11.5. The Balaban J connectivity index is 4.98. The van der Waals surface area contributed by atoms with Crippen LogP contribution in [-0.2, 0) is 19.2 Å². The molecule has 10 heteroatoms. The van der Waals surface area contributed by atoms with E-state index in [9.17, 15) is 19.2 Å². The minimum Gasteiger partial charge on any atom is -0.355 e. The van der Waals surface area contributed by atoms with E-state index in [1.54, 1.807) is 0 Å². The van der Waals surface area contributed by atoms with Gasteiger partial charge in [0.25, 0.3) is 0 Å². The summed E-state index contributed by atoms with van der Waals surface area (Å²) in [7, 11) is 0. The van der Waals surface area contributed by atoms with Crippen molar-refractivity contribution in [2.45, 2.75) is 74.1 Å². The van der Waals surface area contributed by atoms with Gasteiger partial charge in [-0.3, -0.25) is 29.0 Å². The molecule has 0 aromatic heterocycles. The average molecular weight is 541 g/mol. The van der Waals surface area contributed by atoms with Gasteiger partial charge in [-0.05, 0) is 17.8 Å². The van der Waals surface area contributed by atoms with Crippen molar-refractivity contribution < 1.29 is 19.2 Å². The number of amides is 4. The molecule has 222 valence electrons. The Hall–Kier alpha value is -2.20. The lowest BCUT2D eigenvalue weighted by molar-refractivity contribution is -0.122. The van der Waals surface area contributed by atoms with Gasteiger partial charge in [-0.25, -0.2) is 0 Å². The van der Waals surface area contributed by atoms with Crippen LogP contribution in [0.15, 0.2) is 0 Å². The van der Waals surface area contributed by atoms with Gasteiger partial charge >= 0.3 is 0 Å². The molecule has 0 aliphatic heterocycles. The van der Waals surface area contributed by atoms with Crippen LogP contribution in [0.25, 0.3) is 0 Å². The molecule has 0 fully saturated rings. The van der Waals surface area contributed by atoms with E-state index in [1.165, 1.54) is 0 Å². The summed E-state index contributed by atoms with van der Waals surface area (Å²) in [5.74, 6) is 1.11. The van der Waals surface area contributed by atoms with Crippen molar-refractivity contribution in [1.82, 2.24) is 31.1 Å². The van der Waals surface area contributed by atoms with E-state index < -0.39 is 0 Å². The minimum atomic E-state index is 0.0195. The van der Waals surface area contributed by atoms with Gasteiger partial charge in [-0.1, -0.05) is 48.5 Å². The first-order valence-corrected chi connectivity index (χ1v) is 14.4. The van der Waals surface area contributed by atoms with Gasteiger partial charge in [0.15, 0.2) is 0 Å². The van der Waals surface area contributed by atoms with Crippen LogP contribution in [0.4, 0.5) is 0 Å². The summed E-state index contributed by atoms with van der Waals surface area (Å²) in [5, 5.41) is 11.9. The van der Waals surface area contributed by atoms with Crippen LogP contribution in [0.5, 0.6) is 0 Å². The first kappa shape index (κ1) is 35.8. The van der Waals surface area contributed by atoms with Crippen LogP contribution in [0, 0.1) is 17.8 Å². The molecule has 0 bridgehead atoms. The van der Waals surface area contributed by atoms with E-state index in [4.69, 9.17) is 0 Å². The van der Waals surface area contributed by atoms with Gasteiger partial charge < -0.3 is 21.3 Å². The smallest absolute Gasteiger partial charge is 0.220 e. The molecule has 0 aliphatic rings. The van der Waals surface area contributed by atoms with Gasteiger partial charge in [0, 0.05) is 91.1 Å². The molecule has 0 spiro atoms. The topological polar surface area (TPSA) is 123 Å². The highest BCUT2D eigenvalue weighted by Crippen LogP contribution is 2.00. The van der Waals surface area contributed by atoms with E-state index in [0.29, 0.717) is 95.8 Å². The summed E-state index contributed by atoms with van der Waals surface area (Å²) in [6, 6.07) is 0. The molecular weight excluding hydrogens is 484 g/mol.